The van der Waals surface area contributed by atoms with Crippen molar-refractivity contribution >= 4 is 0 Å². The third-order valence-electron chi connectivity index (χ3n) is 6.31. The lowest BCUT2D eigenvalue weighted by molar-refractivity contribution is 0.241. The number of benzene rings is 2. The smallest absolute Gasteiger partial charge is 0.258 e. The Morgan fingerprint density at radius 3 is 2.88 bits per heavy atom. The summed E-state index contributed by atoms with van der Waals surface area (Å²) in [5.74, 6) is 1.53. The molecule has 2 aliphatic rings. The molecule has 2 aromatic carbocycles. The van der Waals surface area contributed by atoms with E-state index in [1.807, 2.05) is 19.9 Å². The molecule has 0 amide bonds. The fourth-order valence-corrected chi connectivity index (χ4v) is 4.88. The number of likely N-dealkylation sites (tertiary alicyclic amines) is 1. The number of rotatable bonds is 5. The van der Waals surface area contributed by atoms with Gasteiger partial charge in [-0.1, -0.05) is 23.4 Å². The van der Waals surface area contributed by atoms with Gasteiger partial charge in [0.25, 0.3) is 5.89 Å². The average molecular weight is 430 g/mol. The summed E-state index contributed by atoms with van der Waals surface area (Å²) in [6.45, 7) is 5.87. The van der Waals surface area contributed by atoms with Crippen molar-refractivity contribution in [2.45, 2.75) is 51.3 Å². The number of hydrogen-bond acceptors (Lipinski definition) is 7. The quantitative estimate of drug-likeness (QED) is 0.652. The van der Waals surface area contributed by atoms with Crippen LogP contribution in [-0.4, -0.2) is 40.3 Å². The molecule has 1 fully saturated rings. The van der Waals surface area contributed by atoms with Crippen LogP contribution in [0, 0.1) is 11.3 Å². The Morgan fingerprint density at radius 2 is 2.12 bits per heavy atom. The molecule has 1 saturated heterocycles. The Labute approximate surface area is 187 Å². The van der Waals surface area contributed by atoms with Crippen molar-refractivity contribution in [3.63, 3.8) is 0 Å². The molecular weight excluding hydrogens is 402 g/mol. The van der Waals surface area contributed by atoms with Crippen molar-refractivity contribution in [2.75, 3.05) is 13.1 Å². The van der Waals surface area contributed by atoms with E-state index in [0.717, 1.165) is 37.9 Å². The maximum Gasteiger partial charge on any atom is 0.258 e. The first-order valence-electron chi connectivity index (χ1n) is 11.2. The van der Waals surface area contributed by atoms with Gasteiger partial charge in [-0.05, 0) is 62.4 Å². The summed E-state index contributed by atoms with van der Waals surface area (Å²) in [5, 5.41) is 13.8. The molecule has 32 heavy (non-hydrogen) atoms. The summed E-state index contributed by atoms with van der Waals surface area (Å²) in [5.41, 5.74) is 11.0. The zero-order chi connectivity index (χ0) is 22.2. The van der Waals surface area contributed by atoms with Crippen LogP contribution < -0.4 is 10.5 Å². The minimum Gasteiger partial charge on any atom is -0.490 e. The van der Waals surface area contributed by atoms with Crippen molar-refractivity contribution in [2.24, 2.45) is 5.73 Å². The number of fused-ring (bicyclic) bond motifs is 1. The van der Waals surface area contributed by atoms with Crippen LogP contribution in [0.3, 0.4) is 0 Å². The normalized spacial score (nSPS) is 20.5. The van der Waals surface area contributed by atoms with Gasteiger partial charge >= 0.3 is 0 Å². The van der Waals surface area contributed by atoms with Crippen molar-refractivity contribution in [3.8, 4) is 34.7 Å². The number of ether oxygens (including phenoxy) is 1. The van der Waals surface area contributed by atoms with Crippen LogP contribution in [0.4, 0.5) is 0 Å². The van der Waals surface area contributed by atoms with Crippen LogP contribution in [0.25, 0.3) is 22.8 Å². The van der Waals surface area contributed by atoms with Gasteiger partial charge in [0.05, 0.1) is 11.7 Å². The third-order valence-corrected chi connectivity index (χ3v) is 6.31. The molecule has 0 radical (unpaired) electrons. The van der Waals surface area contributed by atoms with E-state index in [4.69, 9.17) is 15.0 Å². The summed E-state index contributed by atoms with van der Waals surface area (Å²) in [4.78, 5) is 7.17. The van der Waals surface area contributed by atoms with Gasteiger partial charge in [0.2, 0.25) is 5.82 Å². The van der Waals surface area contributed by atoms with Crippen LogP contribution in [0.15, 0.2) is 40.9 Å². The fourth-order valence-electron chi connectivity index (χ4n) is 4.88. The van der Waals surface area contributed by atoms with Gasteiger partial charge in [-0.2, -0.15) is 10.2 Å². The van der Waals surface area contributed by atoms with Crippen LogP contribution in [0.2, 0.25) is 0 Å². The van der Waals surface area contributed by atoms with Crippen LogP contribution >= 0.6 is 0 Å². The molecule has 1 aliphatic carbocycles. The van der Waals surface area contributed by atoms with Crippen LogP contribution in [0.1, 0.15) is 49.4 Å². The van der Waals surface area contributed by atoms with E-state index in [1.54, 1.807) is 12.1 Å². The SMILES string of the molecule is CC(C)Oc1ccc(-c2nc(-c3cccc4c3CCC4N3CCC(N)C3)no2)cc1C#N. The monoisotopic (exact) mass is 429 g/mol. The number of nitrogens with zero attached hydrogens (tertiary/aromatic N) is 4. The number of nitriles is 1. The largest absolute Gasteiger partial charge is 0.490 e. The molecule has 2 atom stereocenters. The molecule has 2 unspecified atom stereocenters. The molecule has 7 heteroatoms. The summed E-state index contributed by atoms with van der Waals surface area (Å²) < 4.78 is 11.3. The Kier molecular flexibility index (Phi) is 5.41. The Bertz CT molecular complexity index is 1180. The highest BCUT2D eigenvalue weighted by molar-refractivity contribution is 5.67. The highest BCUT2D eigenvalue weighted by atomic mass is 16.5. The lowest BCUT2D eigenvalue weighted by Crippen LogP contribution is -2.29. The average Bonchev–Trinajstić information content (AvgIpc) is 3.52. The Hall–Kier alpha value is -3.21. The van der Waals surface area contributed by atoms with Crippen molar-refractivity contribution < 1.29 is 9.26 Å². The highest BCUT2D eigenvalue weighted by Gasteiger charge is 2.33. The number of hydrogen-bond donors (Lipinski definition) is 1. The van der Waals surface area contributed by atoms with Gasteiger partial charge in [0.1, 0.15) is 11.8 Å². The molecule has 2 N–H and O–H groups in total. The number of aromatic nitrogens is 2. The third kappa shape index (κ3) is 3.77. The van der Waals surface area contributed by atoms with E-state index in [0.29, 0.717) is 34.6 Å². The molecular formula is C25H27N5O2. The predicted molar refractivity (Wildman–Crippen MR) is 121 cm³/mol. The molecule has 1 aromatic heterocycles. The second kappa shape index (κ2) is 8.38. The zero-order valence-electron chi connectivity index (χ0n) is 18.4. The zero-order valence-corrected chi connectivity index (χ0v) is 18.4. The maximum atomic E-state index is 9.51. The standard InChI is InChI=1S/C25H27N5O2/c1-15(2)31-23-9-6-16(12-17(23)13-26)25-28-24(29-32-25)21-5-3-4-20-19(21)7-8-22(20)30-11-10-18(27)14-30/h3-6,9,12,15,18,22H,7-8,10-11,14,27H2,1-2H3. The first-order valence-corrected chi connectivity index (χ1v) is 11.2. The van der Waals surface area contributed by atoms with E-state index >= 15 is 0 Å². The van der Waals surface area contributed by atoms with Crippen LogP contribution in [0.5, 0.6) is 5.75 Å². The first-order chi connectivity index (χ1) is 15.5. The second-order valence-corrected chi connectivity index (χ2v) is 8.88. The lowest BCUT2D eigenvalue weighted by Gasteiger charge is -2.24. The topological polar surface area (TPSA) is 101 Å². The van der Waals surface area contributed by atoms with Gasteiger partial charge in [-0.3, -0.25) is 4.90 Å². The van der Waals surface area contributed by atoms with Gasteiger partial charge in [0, 0.05) is 36.3 Å². The maximum absolute atomic E-state index is 9.51. The van der Waals surface area contributed by atoms with E-state index in [9.17, 15) is 5.26 Å². The van der Waals surface area contributed by atoms with Gasteiger partial charge in [0.15, 0.2) is 0 Å². The molecule has 3 aromatic rings. The lowest BCUT2D eigenvalue weighted by atomic mass is 10.0. The number of nitrogens with two attached hydrogens (primary N) is 1. The van der Waals surface area contributed by atoms with Gasteiger partial charge in [-0.25, -0.2) is 0 Å². The van der Waals surface area contributed by atoms with E-state index in [1.165, 1.54) is 11.1 Å². The van der Waals surface area contributed by atoms with Gasteiger partial charge in [-0.15, -0.1) is 0 Å². The summed E-state index contributed by atoms with van der Waals surface area (Å²) >= 11 is 0. The molecule has 2 heterocycles. The molecule has 0 saturated carbocycles. The van der Waals surface area contributed by atoms with E-state index < -0.39 is 0 Å². The summed E-state index contributed by atoms with van der Waals surface area (Å²) in [6, 6.07) is 14.6. The fraction of sp³-hybridized carbons (Fsp3) is 0.400. The van der Waals surface area contributed by atoms with Crippen molar-refractivity contribution in [1.82, 2.24) is 15.0 Å². The van der Waals surface area contributed by atoms with Gasteiger partial charge < -0.3 is 15.0 Å². The molecule has 5 rings (SSSR count). The Morgan fingerprint density at radius 1 is 1.25 bits per heavy atom. The van der Waals surface area contributed by atoms with Crippen molar-refractivity contribution in [3.05, 3.63) is 53.1 Å². The predicted octanol–water partition coefficient (Wildman–Crippen LogP) is 4.08. The van der Waals surface area contributed by atoms with E-state index in [2.05, 4.69) is 39.3 Å². The molecule has 1 aliphatic heterocycles. The van der Waals surface area contributed by atoms with Crippen molar-refractivity contribution in [1.29, 1.82) is 5.26 Å². The molecule has 0 spiro atoms. The molecule has 0 bridgehead atoms. The molecule has 7 nitrogen and oxygen atoms in total. The minimum atomic E-state index is -0.0109. The van der Waals surface area contributed by atoms with E-state index in [-0.39, 0.29) is 12.1 Å². The summed E-state index contributed by atoms with van der Waals surface area (Å²) in [6.07, 6.45) is 3.13. The first kappa shape index (κ1) is 20.7. The minimum absolute atomic E-state index is 0.0109. The highest BCUT2D eigenvalue weighted by Crippen LogP contribution is 2.41. The Balaban J connectivity index is 1.44. The van der Waals surface area contributed by atoms with Crippen LogP contribution in [-0.2, 0) is 6.42 Å². The summed E-state index contributed by atoms with van der Waals surface area (Å²) in [7, 11) is 0. The second-order valence-electron chi connectivity index (χ2n) is 8.88. The molecule has 164 valence electrons.